The summed E-state index contributed by atoms with van der Waals surface area (Å²) in [5.74, 6) is 1.10. The number of nitrogens with one attached hydrogen (secondary N) is 2. The lowest BCUT2D eigenvalue weighted by Gasteiger charge is -2.13. The fraction of sp³-hybridized carbons (Fsp3) is 0.333. The number of carbonyl (C=O) groups is 2. The highest BCUT2D eigenvalue weighted by Gasteiger charge is 2.14. The lowest BCUT2D eigenvalue weighted by molar-refractivity contribution is -0.119. The third-order valence-electron chi connectivity index (χ3n) is 3.66. The Balaban J connectivity index is 2.11. The number of ether oxygens (including phenoxy) is 2. The standard InChI is InChI=1S/C21H26N2O4S/c1-5-27-17-11-10-15(12-18(17)26-4)23-21(25)16-8-6-7-9-19(16)28-13-20(24)22-14(2)3/h6-12,14H,5,13H2,1-4H3,(H,22,24)(H,23,25). The van der Waals surface area contributed by atoms with Crippen LogP contribution in [0.1, 0.15) is 31.1 Å². The van der Waals surface area contributed by atoms with Crippen LogP contribution in [0.2, 0.25) is 0 Å². The highest BCUT2D eigenvalue weighted by Crippen LogP contribution is 2.31. The highest BCUT2D eigenvalue weighted by molar-refractivity contribution is 8.00. The van der Waals surface area contributed by atoms with E-state index in [-0.39, 0.29) is 23.6 Å². The third-order valence-corrected chi connectivity index (χ3v) is 4.73. The maximum atomic E-state index is 12.8. The molecule has 0 spiro atoms. The van der Waals surface area contributed by atoms with Crippen molar-refractivity contribution in [3.63, 3.8) is 0 Å². The topological polar surface area (TPSA) is 76.7 Å². The summed E-state index contributed by atoms with van der Waals surface area (Å²) < 4.78 is 10.8. The summed E-state index contributed by atoms with van der Waals surface area (Å²) in [5.41, 5.74) is 1.11. The van der Waals surface area contributed by atoms with E-state index in [1.807, 2.05) is 32.9 Å². The van der Waals surface area contributed by atoms with Crippen molar-refractivity contribution in [3.05, 3.63) is 48.0 Å². The Labute approximate surface area is 170 Å². The number of benzene rings is 2. The Morgan fingerprint density at radius 2 is 1.86 bits per heavy atom. The van der Waals surface area contributed by atoms with E-state index in [1.165, 1.54) is 11.8 Å². The number of methoxy groups -OCH3 is 1. The van der Waals surface area contributed by atoms with Gasteiger partial charge in [-0.15, -0.1) is 11.8 Å². The van der Waals surface area contributed by atoms with Gasteiger partial charge in [-0.25, -0.2) is 0 Å². The lowest BCUT2D eigenvalue weighted by atomic mass is 10.2. The molecule has 7 heteroatoms. The van der Waals surface area contributed by atoms with Crippen LogP contribution >= 0.6 is 11.8 Å². The van der Waals surface area contributed by atoms with Gasteiger partial charge < -0.3 is 20.1 Å². The zero-order valence-electron chi connectivity index (χ0n) is 16.6. The molecular weight excluding hydrogens is 376 g/mol. The van der Waals surface area contributed by atoms with E-state index in [2.05, 4.69) is 10.6 Å². The van der Waals surface area contributed by atoms with E-state index in [0.717, 1.165) is 4.90 Å². The monoisotopic (exact) mass is 402 g/mol. The van der Waals surface area contributed by atoms with Crippen LogP contribution in [0.3, 0.4) is 0 Å². The van der Waals surface area contributed by atoms with Crippen molar-refractivity contribution < 1.29 is 19.1 Å². The van der Waals surface area contributed by atoms with Crippen molar-refractivity contribution in [1.82, 2.24) is 5.32 Å². The highest BCUT2D eigenvalue weighted by atomic mass is 32.2. The molecule has 0 saturated carbocycles. The van der Waals surface area contributed by atoms with Crippen LogP contribution in [0, 0.1) is 0 Å². The number of thioether (sulfide) groups is 1. The van der Waals surface area contributed by atoms with E-state index < -0.39 is 0 Å². The molecule has 2 N–H and O–H groups in total. The van der Waals surface area contributed by atoms with E-state index >= 15 is 0 Å². The number of hydrogen-bond acceptors (Lipinski definition) is 5. The van der Waals surface area contributed by atoms with Gasteiger partial charge in [-0.2, -0.15) is 0 Å². The molecule has 0 heterocycles. The molecule has 150 valence electrons. The molecule has 2 aromatic carbocycles. The minimum Gasteiger partial charge on any atom is -0.493 e. The van der Waals surface area contributed by atoms with Crippen LogP contribution < -0.4 is 20.1 Å². The maximum absolute atomic E-state index is 12.8. The van der Waals surface area contributed by atoms with Gasteiger partial charge in [-0.05, 0) is 45.0 Å². The third kappa shape index (κ3) is 6.20. The van der Waals surface area contributed by atoms with Gasteiger partial charge in [0.1, 0.15) is 0 Å². The van der Waals surface area contributed by atoms with Gasteiger partial charge in [0, 0.05) is 22.7 Å². The number of carbonyl (C=O) groups excluding carboxylic acids is 2. The largest absolute Gasteiger partial charge is 0.493 e. The van der Waals surface area contributed by atoms with Crippen LogP contribution in [0.5, 0.6) is 11.5 Å². The molecule has 0 aromatic heterocycles. The Kier molecular flexibility index (Phi) is 8.19. The number of anilines is 1. The summed E-state index contributed by atoms with van der Waals surface area (Å²) in [4.78, 5) is 25.4. The van der Waals surface area contributed by atoms with Gasteiger partial charge in [-0.3, -0.25) is 9.59 Å². The summed E-state index contributed by atoms with van der Waals surface area (Å²) >= 11 is 1.34. The molecule has 2 amide bonds. The van der Waals surface area contributed by atoms with E-state index in [1.54, 1.807) is 37.4 Å². The zero-order chi connectivity index (χ0) is 20.5. The molecule has 6 nitrogen and oxygen atoms in total. The Hall–Kier alpha value is -2.67. The van der Waals surface area contributed by atoms with E-state index in [0.29, 0.717) is 29.4 Å². The fourth-order valence-corrected chi connectivity index (χ4v) is 3.37. The Morgan fingerprint density at radius 3 is 2.54 bits per heavy atom. The molecule has 0 aliphatic rings. The molecule has 0 saturated heterocycles. The first-order chi connectivity index (χ1) is 13.4. The minimum atomic E-state index is -0.251. The van der Waals surface area contributed by atoms with Crippen LogP contribution in [0.15, 0.2) is 47.4 Å². The first kappa shape index (κ1) is 21.6. The predicted molar refractivity (Wildman–Crippen MR) is 113 cm³/mol. The molecule has 28 heavy (non-hydrogen) atoms. The Morgan fingerprint density at radius 1 is 1.11 bits per heavy atom. The van der Waals surface area contributed by atoms with Crippen LogP contribution in [-0.2, 0) is 4.79 Å². The van der Waals surface area contributed by atoms with Gasteiger partial charge in [0.2, 0.25) is 5.91 Å². The summed E-state index contributed by atoms with van der Waals surface area (Å²) in [6.45, 7) is 6.24. The predicted octanol–water partition coefficient (Wildman–Crippen LogP) is 3.96. The fourth-order valence-electron chi connectivity index (χ4n) is 2.51. The molecule has 2 aromatic rings. The second-order valence-electron chi connectivity index (χ2n) is 6.26. The first-order valence-corrected chi connectivity index (χ1v) is 10.1. The van der Waals surface area contributed by atoms with Gasteiger partial charge in [-0.1, -0.05) is 12.1 Å². The zero-order valence-corrected chi connectivity index (χ0v) is 17.4. The summed E-state index contributed by atoms with van der Waals surface area (Å²) in [6, 6.07) is 12.5. The average Bonchev–Trinajstić information content (AvgIpc) is 2.67. The normalized spacial score (nSPS) is 10.5. The second-order valence-corrected chi connectivity index (χ2v) is 7.28. The number of rotatable bonds is 9. The first-order valence-electron chi connectivity index (χ1n) is 9.08. The van der Waals surface area contributed by atoms with Crippen LogP contribution in [0.25, 0.3) is 0 Å². The Bertz CT molecular complexity index is 824. The molecule has 0 radical (unpaired) electrons. The molecule has 0 unspecified atom stereocenters. The van der Waals surface area contributed by atoms with Crippen molar-refractivity contribution in [2.75, 3.05) is 24.8 Å². The minimum absolute atomic E-state index is 0.0635. The second kappa shape index (κ2) is 10.6. The van der Waals surface area contributed by atoms with Crippen molar-refractivity contribution in [2.24, 2.45) is 0 Å². The smallest absolute Gasteiger partial charge is 0.256 e. The van der Waals surface area contributed by atoms with Crippen LogP contribution in [-0.4, -0.2) is 37.3 Å². The average molecular weight is 403 g/mol. The molecule has 0 fully saturated rings. The van der Waals surface area contributed by atoms with Gasteiger partial charge >= 0.3 is 0 Å². The summed E-state index contributed by atoms with van der Waals surface area (Å²) in [7, 11) is 1.55. The SMILES string of the molecule is CCOc1ccc(NC(=O)c2ccccc2SCC(=O)NC(C)C)cc1OC. The van der Waals surface area contributed by atoms with Crippen molar-refractivity contribution in [3.8, 4) is 11.5 Å². The lowest BCUT2D eigenvalue weighted by Crippen LogP contribution is -2.31. The molecule has 0 aliphatic heterocycles. The molecule has 2 rings (SSSR count). The molecule has 0 aliphatic carbocycles. The van der Waals surface area contributed by atoms with Gasteiger partial charge in [0.15, 0.2) is 11.5 Å². The van der Waals surface area contributed by atoms with Crippen molar-refractivity contribution in [2.45, 2.75) is 31.7 Å². The summed E-state index contributed by atoms with van der Waals surface area (Å²) in [6.07, 6.45) is 0. The van der Waals surface area contributed by atoms with Gasteiger partial charge in [0.25, 0.3) is 5.91 Å². The van der Waals surface area contributed by atoms with Crippen LogP contribution in [0.4, 0.5) is 5.69 Å². The van der Waals surface area contributed by atoms with E-state index in [4.69, 9.17) is 9.47 Å². The number of amides is 2. The maximum Gasteiger partial charge on any atom is 0.256 e. The number of hydrogen-bond donors (Lipinski definition) is 2. The van der Waals surface area contributed by atoms with Crippen molar-refractivity contribution in [1.29, 1.82) is 0 Å². The molecule has 0 atom stereocenters. The molecule has 0 bridgehead atoms. The quantitative estimate of drug-likeness (QED) is 0.621. The van der Waals surface area contributed by atoms with E-state index in [9.17, 15) is 9.59 Å². The van der Waals surface area contributed by atoms with Crippen molar-refractivity contribution >= 4 is 29.3 Å². The summed E-state index contributed by atoms with van der Waals surface area (Å²) in [5, 5.41) is 5.72. The molecular formula is C21H26N2O4S. The van der Waals surface area contributed by atoms with Gasteiger partial charge in [0.05, 0.1) is 25.0 Å².